The number of likely N-dealkylation sites (tertiary alicyclic amines) is 1. The maximum Gasteiger partial charge on any atom is 0.387 e. The number of alkyl halides is 2. The smallest absolute Gasteiger partial charge is 0.387 e. The predicted octanol–water partition coefficient (Wildman–Crippen LogP) is 2.13. The molecule has 0 spiro atoms. The van der Waals surface area contributed by atoms with Crippen molar-refractivity contribution in [2.75, 3.05) is 26.2 Å². The Balaban J connectivity index is 1.41. The molecule has 1 saturated heterocycles. The highest BCUT2D eigenvalue weighted by atomic mass is 19.3. The lowest BCUT2D eigenvalue weighted by molar-refractivity contribution is -0.149. The number of rotatable bonds is 8. The second kappa shape index (κ2) is 8.21. The molecule has 2 atom stereocenters. The Labute approximate surface area is 156 Å². The molecule has 1 heterocycles. The minimum absolute atomic E-state index is 0.102. The number of carboxylic acids is 1. The second-order valence-electron chi connectivity index (χ2n) is 7.34. The summed E-state index contributed by atoms with van der Waals surface area (Å²) in [5.74, 6) is -0.637. The number of carboxylic acid groups (broad SMARTS) is 1. The van der Waals surface area contributed by atoms with Gasteiger partial charge in [0.05, 0.1) is 12.0 Å². The van der Waals surface area contributed by atoms with Gasteiger partial charge in [0.15, 0.2) is 0 Å². The van der Waals surface area contributed by atoms with Crippen molar-refractivity contribution < 1.29 is 28.2 Å². The number of carbonyl (C=O) groups is 2. The summed E-state index contributed by atoms with van der Waals surface area (Å²) in [7, 11) is 0. The fourth-order valence-corrected chi connectivity index (χ4v) is 4.31. The number of hydrogen-bond acceptors (Lipinski definition) is 4. The highest BCUT2D eigenvalue weighted by Gasteiger charge is 2.54. The Morgan fingerprint density at radius 3 is 2.70 bits per heavy atom. The maximum atomic E-state index is 12.2. The molecule has 1 aliphatic carbocycles. The Morgan fingerprint density at radius 1 is 1.33 bits per heavy atom. The molecule has 0 bridgehead atoms. The number of hydrogen-bond donors (Lipinski definition) is 2. The topological polar surface area (TPSA) is 78.9 Å². The second-order valence-corrected chi connectivity index (χ2v) is 7.34. The molecule has 0 unspecified atom stereocenters. The van der Waals surface area contributed by atoms with Crippen molar-refractivity contribution in [3.63, 3.8) is 0 Å². The summed E-state index contributed by atoms with van der Waals surface area (Å²) in [6, 6.07) is 6.31. The summed E-state index contributed by atoms with van der Waals surface area (Å²) in [5, 5.41) is 12.4. The molecule has 2 fully saturated rings. The zero-order valence-electron chi connectivity index (χ0n) is 15.0. The first-order chi connectivity index (χ1) is 12.9. The molecule has 1 aromatic carbocycles. The molecule has 2 N–H and O–H groups in total. The number of carbonyl (C=O) groups excluding carboxylic acids is 1. The van der Waals surface area contributed by atoms with Crippen molar-refractivity contribution in [3.8, 4) is 5.75 Å². The lowest BCUT2D eigenvalue weighted by Gasteiger charge is -2.23. The molecular weight excluding hydrogens is 358 g/mol. The van der Waals surface area contributed by atoms with Gasteiger partial charge in [0, 0.05) is 19.6 Å². The van der Waals surface area contributed by atoms with E-state index in [4.69, 9.17) is 0 Å². The van der Waals surface area contributed by atoms with Crippen LogP contribution < -0.4 is 10.1 Å². The summed E-state index contributed by atoms with van der Waals surface area (Å²) < 4.78 is 28.5. The number of halogens is 2. The first-order valence-electron chi connectivity index (χ1n) is 9.15. The van der Waals surface area contributed by atoms with Gasteiger partial charge in [-0.3, -0.25) is 14.5 Å². The van der Waals surface area contributed by atoms with Gasteiger partial charge in [0.1, 0.15) is 5.75 Å². The van der Waals surface area contributed by atoms with Crippen LogP contribution >= 0.6 is 0 Å². The van der Waals surface area contributed by atoms with Crippen LogP contribution in [-0.4, -0.2) is 54.7 Å². The largest absolute Gasteiger partial charge is 0.481 e. The summed E-state index contributed by atoms with van der Waals surface area (Å²) in [6.07, 6.45) is 3.12. The summed E-state index contributed by atoms with van der Waals surface area (Å²) in [5.41, 5.74) is 0.222. The number of aliphatic carboxylic acids is 1. The van der Waals surface area contributed by atoms with E-state index in [-0.39, 0.29) is 24.1 Å². The van der Waals surface area contributed by atoms with Crippen molar-refractivity contribution >= 4 is 11.9 Å². The van der Waals surface area contributed by atoms with E-state index in [0.717, 1.165) is 18.4 Å². The zero-order chi connectivity index (χ0) is 19.4. The summed E-state index contributed by atoms with van der Waals surface area (Å²) in [6.45, 7) is -1.13. The van der Waals surface area contributed by atoms with Crippen LogP contribution in [0.5, 0.6) is 5.75 Å². The van der Waals surface area contributed by atoms with Crippen molar-refractivity contribution in [3.05, 3.63) is 29.8 Å². The average molecular weight is 382 g/mol. The van der Waals surface area contributed by atoms with Gasteiger partial charge in [-0.2, -0.15) is 8.78 Å². The lowest BCUT2D eigenvalue weighted by Crippen LogP contribution is -2.39. The van der Waals surface area contributed by atoms with Crippen LogP contribution in [-0.2, 0) is 16.0 Å². The minimum Gasteiger partial charge on any atom is -0.481 e. The third-order valence-electron chi connectivity index (χ3n) is 5.62. The molecule has 1 amide bonds. The van der Waals surface area contributed by atoms with E-state index in [1.54, 1.807) is 12.1 Å². The molecule has 3 rings (SSSR count). The van der Waals surface area contributed by atoms with Crippen LogP contribution in [0.1, 0.15) is 24.8 Å². The highest BCUT2D eigenvalue weighted by molar-refractivity contribution is 5.79. The normalized spacial score (nSPS) is 24.8. The number of ether oxygens (including phenoxy) is 1. The van der Waals surface area contributed by atoms with Crippen LogP contribution in [0.2, 0.25) is 0 Å². The van der Waals surface area contributed by atoms with Crippen molar-refractivity contribution in [1.82, 2.24) is 10.2 Å². The van der Waals surface area contributed by atoms with Gasteiger partial charge in [-0.1, -0.05) is 18.6 Å². The first-order valence-corrected chi connectivity index (χ1v) is 9.15. The quantitative estimate of drug-likeness (QED) is 0.720. The lowest BCUT2D eigenvalue weighted by atomic mass is 9.81. The van der Waals surface area contributed by atoms with Crippen molar-refractivity contribution in [2.24, 2.45) is 11.3 Å². The molecule has 27 heavy (non-hydrogen) atoms. The maximum absolute atomic E-state index is 12.2. The Morgan fingerprint density at radius 2 is 2.07 bits per heavy atom. The fraction of sp³-hybridized carbons (Fsp3) is 0.579. The summed E-state index contributed by atoms with van der Waals surface area (Å²) >= 11 is 0. The molecule has 2 aliphatic rings. The van der Waals surface area contributed by atoms with E-state index in [1.165, 1.54) is 12.1 Å². The summed E-state index contributed by atoms with van der Waals surface area (Å²) in [4.78, 5) is 25.8. The average Bonchev–Trinajstić information content (AvgIpc) is 3.14. The standard InChI is InChI=1S/C19H24F2N2O4/c20-18(21)27-15-5-3-13(4-6-15)7-9-22-16(24)11-23-10-14-2-1-8-19(14,12-23)17(25)26/h3-6,14,18H,1-2,7-12H2,(H,22,24)(H,25,26)/t14-,19+/m0/s1. The molecular formula is C19H24F2N2O4. The van der Waals surface area contributed by atoms with Crippen molar-refractivity contribution in [1.29, 1.82) is 0 Å². The van der Waals surface area contributed by atoms with Gasteiger partial charge < -0.3 is 15.2 Å². The van der Waals surface area contributed by atoms with Crippen molar-refractivity contribution in [2.45, 2.75) is 32.3 Å². The number of fused-ring (bicyclic) bond motifs is 1. The molecule has 6 nitrogen and oxygen atoms in total. The van der Waals surface area contributed by atoms with Gasteiger partial charge >= 0.3 is 12.6 Å². The SMILES string of the molecule is O=C(CN1C[C@@H]2CCC[C@@]2(C(=O)O)C1)NCCc1ccc(OC(F)F)cc1. The molecule has 1 aromatic rings. The zero-order valence-corrected chi connectivity index (χ0v) is 15.0. The van der Waals surface area contributed by atoms with Crippen LogP contribution in [0.25, 0.3) is 0 Å². The Hall–Kier alpha value is -2.22. The van der Waals surface area contributed by atoms with Gasteiger partial charge in [-0.05, 0) is 42.9 Å². The monoisotopic (exact) mass is 382 g/mol. The molecule has 8 heteroatoms. The fourth-order valence-electron chi connectivity index (χ4n) is 4.31. The molecule has 0 radical (unpaired) electrons. The third kappa shape index (κ3) is 4.55. The number of amides is 1. The van der Waals surface area contributed by atoms with Crippen LogP contribution in [0.15, 0.2) is 24.3 Å². The van der Waals surface area contributed by atoms with Gasteiger partial charge in [0.2, 0.25) is 5.91 Å². The molecule has 148 valence electrons. The van der Waals surface area contributed by atoms with E-state index in [2.05, 4.69) is 10.1 Å². The highest BCUT2D eigenvalue weighted by Crippen LogP contribution is 2.48. The van der Waals surface area contributed by atoms with E-state index in [9.17, 15) is 23.5 Å². The van der Waals surface area contributed by atoms with Crippen LogP contribution in [0.4, 0.5) is 8.78 Å². The third-order valence-corrected chi connectivity index (χ3v) is 5.62. The van der Waals surface area contributed by atoms with E-state index >= 15 is 0 Å². The van der Waals surface area contributed by atoms with E-state index < -0.39 is 18.0 Å². The Bertz CT molecular complexity index is 683. The number of nitrogens with one attached hydrogen (secondary N) is 1. The van der Waals surface area contributed by atoms with Gasteiger partial charge in [-0.25, -0.2) is 0 Å². The van der Waals surface area contributed by atoms with E-state index in [0.29, 0.717) is 32.5 Å². The van der Waals surface area contributed by atoms with Crippen LogP contribution in [0, 0.1) is 11.3 Å². The first kappa shape index (κ1) is 19.5. The van der Waals surface area contributed by atoms with Gasteiger partial charge in [0.25, 0.3) is 0 Å². The van der Waals surface area contributed by atoms with Crippen LogP contribution in [0.3, 0.4) is 0 Å². The Kier molecular flexibility index (Phi) is 5.94. The minimum atomic E-state index is -2.85. The van der Waals surface area contributed by atoms with E-state index in [1.807, 2.05) is 4.90 Å². The molecule has 1 aliphatic heterocycles. The number of nitrogens with zero attached hydrogens (tertiary/aromatic N) is 1. The molecule has 1 saturated carbocycles. The van der Waals surface area contributed by atoms with Gasteiger partial charge in [-0.15, -0.1) is 0 Å². The number of benzene rings is 1. The molecule has 0 aromatic heterocycles. The predicted molar refractivity (Wildman–Crippen MR) is 93.6 cm³/mol.